The minimum atomic E-state index is -0.253. The molecular formula is C14H18N4O2. The van der Waals surface area contributed by atoms with Crippen LogP contribution in [0.25, 0.3) is 0 Å². The summed E-state index contributed by atoms with van der Waals surface area (Å²) in [4.78, 5) is 11.6. The molecule has 0 radical (unpaired) electrons. The maximum absolute atomic E-state index is 11.6. The van der Waals surface area contributed by atoms with Crippen LogP contribution in [0.2, 0.25) is 0 Å². The molecule has 1 aromatic heterocycles. The van der Waals surface area contributed by atoms with Gasteiger partial charge in [0, 0.05) is 25.9 Å². The van der Waals surface area contributed by atoms with Crippen molar-refractivity contribution in [2.75, 3.05) is 19.0 Å². The van der Waals surface area contributed by atoms with Crippen LogP contribution in [-0.2, 0) is 13.5 Å². The molecule has 0 bridgehead atoms. The summed E-state index contributed by atoms with van der Waals surface area (Å²) in [6.07, 6.45) is 2.53. The molecular weight excluding hydrogens is 256 g/mol. The Labute approximate surface area is 117 Å². The van der Waals surface area contributed by atoms with Crippen molar-refractivity contribution in [3.8, 4) is 5.75 Å². The fraction of sp³-hybridized carbons (Fsp3) is 0.286. The lowest BCUT2D eigenvalue weighted by Gasteiger charge is -2.06. The summed E-state index contributed by atoms with van der Waals surface area (Å²) >= 11 is 0. The number of aryl methyl sites for hydroxylation is 1. The Balaban J connectivity index is 1.73. The molecule has 2 amide bonds. The Morgan fingerprint density at radius 3 is 2.65 bits per heavy atom. The minimum absolute atomic E-state index is 0.253. The van der Waals surface area contributed by atoms with Crippen LogP contribution in [0.1, 0.15) is 5.56 Å². The van der Waals surface area contributed by atoms with Crippen molar-refractivity contribution >= 4 is 11.8 Å². The summed E-state index contributed by atoms with van der Waals surface area (Å²) in [5, 5.41) is 9.52. The van der Waals surface area contributed by atoms with E-state index in [1.807, 2.05) is 24.3 Å². The highest BCUT2D eigenvalue weighted by Gasteiger charge is 2.03. The molecule has 0 aliphatic rings. The Hall–Kier alpha value is -2.50. The maximum Gasteiger partial charge on any atom is 0.320 e. The number of aromatic nitrogens is 2. The van der Waals surface area contributed by atoms with Crippen LogP contribution in [0, 0.1) is 0 Å². The van der Waals surface area contributed by atoms with E-state index in [1.165, 1.54) is 0 Å². The number of anilines is 1. The van der Waals surface area contributed by atoms with Gasteiger partial charge in [-0.2, -0.15) is 5.10 Å². The van der Waals surface area contributed by atoms with Crippen LogP contribution in [0.15, 0.2) is 36.5 Å². The number of hydrogen-bond donors (Lipinski definition) is 2. The van der Waals surface area contributed by atoms with Crippen LogP contribution in [0.5, 0.6) is 5.75 Å². The summed E-state index contributed by atoms with van der Waals surface area (Å²) < 4.78 is 6.72. The first-order valence-electron chi connectivity index (χ1n) is 6.35. The molecule has 0 fully saturated rings. The summed E-state index contributed by atoms with van der Waals surface area (Å²) in [5.74, 6) is 1.36. The lowest BCUT2D eigenvalue weighted by molar-refractivity contribution is 0.252. The Morgan fingerprint density at radius 2 is 2.05 bits per heavy atom. The Bertz CT molecular complexity index is 563. The van der Waals surface area contributed by atoms with Crippen LogP contribution < -0.4 is 15.4 Å². The highest BCUT2D eigenvalue weighted by atomic mass is 16.5. The number of nitrogens with one attached hydrogen (secondary N) is 2. The van der Waals surface area contributed by atoms with E-state index in [2.05, 4.69) is 15.7 Å². The number of carbonyl (C=O) groups excluding carboxylic acids is 1. The molecule has 1 heterocycles. The average molecular weight is 274 g/mol. The molecule has 6 nitrogen and oxygen atoms in total. The number of hydrogen-bond acceptors (Lipinski definition) is 3. The van der Waals surface area contributed by atoms with E-state index >= 15 is 0 Å². The first-order chi connectivity index (χ1) is 9.67. The van der Waals surface area contributed by atoms with Gasteiger partial charge in [-0.1, -0.05) is 12.1 Å². The molecule has 0 saturated heterocycles. The Kier molecular flexibility index (Phi) is 4.60. The van der Waals surface area contributed by atoms with Crippen molar-refractivity contribution in [1.29, 1.82) is 0 Å². The van der Waals surface area contributed by atoms with Gasteiger partial charge in [0.25, 0.3) is 0 Å². The Morgan fingerprint density at radius 1 is 1.30 bits per heavy atom. The van der Waals surface area contributed by atoms with E-state index in [9.17, 15) is 4.79 Å². The molecule has 0 spiro atoms. The van der Waals surface area contributed by atoms with Crippen molar-refractivity contribution < 1.29 is 9.53 Å². The second kappa shape index (κ2) is 6.60. The highest BCUT2D eigenvalue weighted by molar-refractivity contribution is 5.88. The topological polar surface area (TPSA) is 68.2 Å². The van der Waals surface area contributed by atoms with Gasteiger partial charge in [-0.25, -0.2) is 4.79 Å². The van der Waals surface area contributed by atoms with Gasteiger partial charge >= 0.3 is 6.03 Å². The quantitative estimate of drug-likeness (QED) is 0.873. The number of carbonyl (C=O) groups is 1. The predicted octanol–water partition coefficient (Wildman–Crippen LogP) is 1.79. The molecule has 0 aliphatic heterocycles. The molecule has 0 atom stereocenters. The lowest BCUT2D eigenvalue weighted by Crippen LogP contribution is -2.30. The summed E-state index contributed by atoms with van der Waals surface area (Å²) in [7, 11) is 3.44. The monoisotopic (exact) mass is 274 g/mol. The molecule has 6 heteroatoms. The molecule has 2 N–H and O–H groups in total. The second-order valence-electron chi connectivity index (χ2n) is 4.35. The van der Waals surface area contributed by atoms with E-state index in [-0.39, 0.29) is 6.03 Å². The largest absolute Gasteiger partial charge is 0.497 e. The van der Waals surface area contributed by atoms with E-state index in [0.717, 1.165) is 17.7 Å². The van der Waals surface area contributed by atoms with E-state index in [4.69, 9.17) is 4.74 Å². The molecule has 0 unspecified atom stereocenters. The standard InChI is InChI=1S/C14H18N4O2/c1-18-10-8-13(17-18)16-14(19)15-9-7-11-3-5-12(20-2)6-4-11/h3-6,8,10H,7,9H2,1-2H3,(H2,15,16,17,19). The third-order valence-electron chi connectivity index (χ3n) is 2.81. The fourth-order valence-corrected chi connectivity index (χ4v) is 1.75. The van der Waals surface area contributed by atoms with Gasteiger partial charge in [0.15, 0.2) is 5.82 Å². The van der Waals surface area contributed by atoms with Gasteiger partial charge in [-0.3, -0.25) is 10.00 Å². The van der Waals surface area contributed by atoms with Gasteiger partial charge in [0.1, 0.15) is 5.75 Å². The molecule has 0 aliphatic carbocycles. The van der Waals surface area contributed by atoms with Gasteiger partial charge in [-0.05, 0) is 24.1 Å². The van der Waals surface area contributed by atoms with E-state index < -0.39 is 0 Å². The SMILES string of the molecule is COc1ccc(CCNC(=O)Nc2ccn(C)n2)cc1. The molecule has 20 heavy (non-hydrogen) atoms. The minimum Gasteiger partial charge on any atom is -0.497 e. The first-order valence-corrected chi connectivity index (χ1v) is 6.35. The van der Waals surface area contributed by atoms with Crippen LogP contribution >= 0.6 is 0 Å². The van der Waals surface area contributed by atoms with E-state index in [0.29, 0.717) is 12.4 Å². The summed E-state index contributed by atoms with van der Waals surface area (Å²) in [6.45, 7) is 0.561. The number of nitrogens with zero attached hydrogens (tertiary/aromatic N) is 2. The summed E-state index contributed by atoms with van der Waals surface area (Å²) in [5.41, 5.74) is 1.14. The first kappa shape index (κ1) is 13.9. The third kappa shape index (κ3) is 4.01. The molecule has 106 valence electrons. The number of methoxy groups -OCH3 is 1. The van der Waals surface area contributed by atoms with Crippen LogP contribution in [-0.4, -0.2) is 29.5 Å². The van der Waals surface area contributed by atoms with Crippen molar-refractivity contribution in [3.63, 3.8) is 0 Å². The highest BCUT2D eigenvalue weighted by Crippen LogP contribution is 2.11. The molecule has 0 saturated carbocycles. The van der Waals surface area contributed by atoms with Gasteiger partial charge in [0.05, 0.1) is 7.11 Å². The number of rotatable bonds is 5. The molecule has 1 aromatic carbocycles. The van der Waals surface area contributed by atoms with Crippen molar-refractivity contribution in [2.24, 2.45) is 7.05 Å². The number of ether oxygens (including phenoxy) is 1. The fourth-order valence-electron chi connectivity index (χ4n) is 1.75. The van der Waals surface area contributed by atoms with Crippen LogP contribution in [0.3, 0.4) is 0 Å². The predicted molar refractivity (Wildman–Crippen MR) is 76.9 cm³/mol. The average Bonchev–Trinajstić information content (AvgIpc) is 2.85. The van der Waals surface area contributed by atoms with E-state index in [1.54, 1.807) is 31.1 Å². The zero-order valence-electron chi connectivity index (χ0n) is 11.6. The van der Waals surface area contributed by atoms with Gasteiger partial charge in [0.2, 0.25) is 0 Å². The number of urea groups is 1. The normalized spacial score (nSPS) is 10.1. The third-order valence-corrected chi connectivity index (χ3v) is 2.81. The number of benzene rings is 1. The lowest BCUT2D eigenvalue weighted by atomic mass is 10.1. The van der Waals surface area contributed by atoms with Crippen molar-refractivity contribution in [3.05, 3.63) is 42.1 Å². The smallest absolute Gasteiger partial charge is 0.320 e. The second-order valence-corrected chi connectivity index (χ2v) is 4.35. The zero-order chi connectivity index (χ0) is 14.4. The van der Waals surface area contributed by atoms with Crippen molar-refractivity contribution in [2.45, 2.75) is 6.42 Å². The number of amides is 2. The summed E-state index contributed by atoms with van der Waals surface area (Å²) in [6, 6.07) is 9.27. The van der Waals surface area contributed by atoms with Crippen LogP contribution in [0.4, 0.5) is 10.6 Å². The van der Waals surface area contributed by atoms with Crippen molar-refractivity contribution in [1.82, 2.24) is 15.1 Å². The maximum atomic E-state index is 11.6. The van der Waals surface area contributed by atoms with Gasteiger partial charge in [-0.15, -0.1) is 0 Å². The molecule has 2 aromatic rings. The van der Waals surface area contributed by atoms with Gasteiger partial charge < -0.3 is 10.1 Å². The zero-order valence-corrected chi connectivity index (χ0v) is 11.6. The molecule has 2 rings (SSSR count).